The average Bonchev–Trinajstić information content (AvgIpc) is 3.45. The van der Waals surface area contributed by atoms with E-state index in [-0.39, 0.29) is 48.9 Å². The predicted molar refractivity (Wildman–Crippen MR) is 208 cm³/mol. The second kappa shape index (κ2) is 15.9. The molecule has 0 spiro atoms. The Morgan fingerprint density at radius 1 is 0.837 bits per heavy atom. The Kier molecular flexibility index (Phi) is 12.4. The molecule has 0 aliphatic rings. The zero-order chi connectivity index (χ0) is 34.7. The molecule has 0 aliphatic carbocycles. The minimum atomic E-state index is 0. The van der Waals surface area contributed by atoms with E-state index in [0.29, 0.717) is 0 Å². The summed E-state index contributed by atoms with van der Waals surface area (Å²) in [5.41, 5.74) is 4.71. The first-order valence-corrected chi connectivity index (χ1v) is 18.2. The van der Waals surface area contributed by atoms with Crippen LogP contribution >= 0.6 is 11.3 Å². The third kappa shape index (κ3) is 7.60. The van der Waals surface area contributed by atoms with Gasteiger partial charge in [-0.25, -0.2) is 0 Å². The number of carbonyl (C=O) groups excluding carboxylic acids is 1. The largest absolute Gasteiger partial charge is 0.512 e. The number of hydrogen-bond donors (Lipinski definition) is 1. The van der Waals surface area contributed by atoms with E-state index in [1.807, 2.05) is 43.6 Å². The summed E-state index contributed by atoms with van der Waals surface area (Å²) in [6, 6.07) is 26.4. The fourth-order valence-electron chi connectivity index (χ4n) is 6.92. The number of nitrogens with zero attached hydrogens (tertiary/aromatic N) is 1. The number of fused-ring (bicyclic) bond motifs is 6. The van der Waals surface area contributed by atoms with Crippen molar-refractivity contribution in [3.05, 3.63) is 116 Å². The Labute approximate surface area is 310 Å². The molecule has 3 nitrogen and oxygen atoms in total. The van der Waals surface area contributed by atoms with Crippen LogP contribution in [-0.2, 0) is 30.3 Å². The molecule has 0 saturated carbocycles. The summed E-state index contributed by atoms with van der Waals surface area (Å²) in [5.74, 6) is 0.547. The maximum absolute atomic E-state index is 11.7. The first kappa shape index (κ1) is 38.2. The molecule has 0 atom stereocenters. The van der Waals surface area contributed by atoms with Gasteiger partial charge in [0.2, 0.25) is 0 Å². The Hall–Kier alpha value is -3.63. The molecule has 2 heterocycles. The van der Waals surface area contributed by atoms with Crippen molar-refractivity contribution >= 4 is 58.8 Å². The second-order valence-electron chi connectivity index (χ2n) is 13.9. The number of ketones is 1. The van der Waals surface area contributed by atoms with E-state index in [1.165, 1.54) is 53.4 Å². The monoisotopic (exact) mass is 849 g/mol. The van der Waals surface area contributed by atoms with Gasteiger partial charge in [-0.2, -0.15) is 12.5 Å². The molecule has 1 N–H and O–H groups in total. The van der Waals surface area contributed by atoms with E-state index >= 15 is 0 Å². The van der Waals surface area contributed by atoms with Crippen molar-refractivity contribution in [2.45, 2.75) is 79.6 Å². The summed E-state index contributed by atoms with van der Waals surface area (Å²) in [5, 5.41) is 17.4. The number of rotatable bonds is 8. The van der Waals surface area contributed by atoms with Crippen molar-refractivity contribution in [1.82, 2.24) is 0 Å². The average molecular weight is 849 g/mol. The molecule has 1 radical (unpaired) electrons. The normalized spacial score (nSPS) is 12.1. The Balaban J connectivity index is 0.000000290. The molecule has 0 bridgehead atoms. The van der Waals surface area contributed by atoms with E-state index in [4.69, 9.17) is 0 Å². The summed E-state index contributed by atoms with van der Waals surface area (Å²) >= 11 is 1.85. The van der Waals surface area contributed by atoms with Gasteiger partial charge in [0, 0.05) is 59.9 Å². The smallest absolute Gasteiger partial charge is 0.162 e. The number of aromatic nitrogens is 1. The van der Waals surface area contributed by atoms with Gasteiger partial charge in [-0.05, 0) is 59.4 Å². The van der Waals surface area contributed by atoms with E-state index < -0.39 is 0 Å². The van der Waals surface area contributed by atoms with Crippen LogP contribution in [0.25, 0.3) is 53.0 Å². The van der Waals surface area contributed by atoms with Crippen molar-refractivity contribution in [3.63, 3.8) is 0 Å². The number of thiophene rings is 1. The van der Waals surface area contributed by atoms with Crippen molar-refractivity contribution < 1.29 is 34.6 Å². The summed E-state index contributed by atoms with van der Waals surface area (Å²) in [6.45, 7) is 19.5. The van der Waals surface area contributed by atoms with Crippen LogP contribution in [0.3, 0.4) is 0 Å². The fourth-order valence-corrected chi connectivity index (χ4v) is 8.20. The Bertz CT molecular complexity index is 2130. The van der Waals surface area contributed by atoms with Crippen LogP contribution in [0.1, 0.15) is 85.3 Å². The van der Waals surface area contributed by atoms with E-state index in [1.54, 1.807) is 0 Å². The molecular formula is C44H50IrNO2S-. The summed E-state index contributed by atoms with van der Waals surface area (Å²) < 4.78 is 4.59. The molecule has 5 heteroatoms. The fraction of sp³-hybridized carbons (Fsp3) is 0.318. The number of aliphatic hydroxyl groups excluding tert-OH is 1. The van der Waals surface area contributed by atoms with Gasteiger partial charge in [-0.15, -0.1) is 34.4 Å². The third-order valence-corrected chi connectivity index (χ3v) is 11.0. The topological polar surface area (TPSA) is 41.2 Å². The summed E-state index contributed by atoms with van der Waals surface area (Å²) in [6.07, 6.45) is 7.00. The van der Waals surface area contributed by atoms with E-state index in [2.05, 4.69) is 114 Å². The van der Waals surface area contributed by atoms with E-state index in [0.717, 1.165) is 42.5 Å². The number of pyridine rings is 1. The van der Waals surface area contributed by atoms with Gasteiger partial charge in [0.25, 0.3) is 0 Å². The maximum Gasteiger partial charge on any atom is 0.162 e. The standard InChI is InChI=1S/C31H26NS.C13H24O2.Ir/c1-19-21-11-8-9-13-23(21)26(31(2,3)4)18-25(19)29-30-24(16-17-32(29)5)28-22-12-7-6-10-20(22)14-15-27(28)33-30;1-5-10(6-2)12(14)9-13(15)11(7-3)8-4;/h6-18H,1,5H2,2-4H3;9-11,14H,5-8H2,1-4H3;/q-1;;/b;12-9-;. The maximum atomic E-state index is 11.7. The molecular weight excluding hydrogens is 799 g/mol. The van der Waals surface area contributed by atoms with Crippen LogP contribution in [0.4, 0.5) is 0 Å². The minimum Gasteiger partial charge on any atom is -0.512 e. The van der Waals surface area contributed by atoms with Crippen LogP contribution in [0, 0.1) is 25.8 Å². The molecule has 4 aromatic carbocycles. The predicted octanol–water partition coefficient (Wildman–Crippen LogP) is 12.3. The van der Waals surface area contributed by atoms with Crippen LogP contribution < -0.4 is 4.57 Å². The van der Waals surface area contributed by atoms with Crippen molar-refractivity contribution in [3.8, 4) is 11.3 Å². The van der Waals surface area contributed by atoms with E-state index in [9.17, 15) is 9.90 Å². The first-order chi connectivity index (χ1) is 22.9. The number of benzene rings is 4. The molecule has 0 unspecified atom stereocenters. The van der Waals surface area contributed by atoms with Crippen LogP contribution in [0.5, 0.6) is 0 Å². The zero-order valence-electron chi connectivity index (χ0n) is 30.0. The second-order valence-corrected chi connectivity index (χ2v) is 14.9. The molecule has 6 rings (SSSR count). The third-order valence-electron chi connectivity index (χ3n) is 9.84. The van der Waals surface area contributed by atoms with Gasteiger partial charge in [0.05, 0.1) is 17.6 Å². The first-order valence-electron chi connectivity index (χ1n) is 17.4. The van der Waals surface area contributed by atoms with Crippen LogP contribution in [-0.4, -0.2) is 10.9 Å². The van der Waals surface area contributed by atoms with Gasteiger partial charge in [-0.1, -0.05) is 108 Å². The zero-order valence-corrected chi connectivity index (χ0v) is 33.2. The van der Waals surface area contributed by atoms with Crippen LogP contribution in [0.2, 0.25) is 0 Å². The quantitative estimate of drug-likeness (QED) is 0.0717. The van der Waals surface area contributed by atoms with Crippen molar-refractivity contribution in [2.75, 3.05) is 0 Å². The van der Waals surface area contributed by atoms with Crippen molar-refractivity contribution in [2.24, 2.45) is 11.8 Å². The van der Waals surface area contributed by atoms with Crippen LogP contribution in [0.15, 0.2) is 90.8 Å². The molecule has 0 aliphatic heterocycles. The Morgan fingerprint density at radius 3 is 2.04 bits per heavy atom. The van der Waals surface area contributed by atoms with Gasteiger partial charge >= 0.3 is 0 Å². The molecule has 259 valence electrons. The molecule has 2 aromatic heterocycles. The number of allylic oxidation sites excluding steroid dienone is 2. The minimum absolute atomic E-state index is 0. The molecule has 0 fully saturated rings. The van der Waals surface area contributed by atoms with Crippen molar-refractivity contribution in [1.29, 1.82) is 0 Å². The number of hydrogen-bond acceptors (Lipinski definition) is 3. The van der Waals surface area contributed by atoms with Gasteiger partial charge in [-0.3, -0.25) is 4.79 Å². The number of aliphatic hydroxyl groups is 1. The van der Waals surface area contributed by atoms with Gasteiger partial charge in [0.15, 0.2) is 5.78 Å². The van der Waals surface area contributed by atoms with Gasteiger partial charge < -0.3 is 9.67 Å². The summed E-state index contributed by atoms with van der Waals surface area (Å²) in [4.78, 5) is 11.7. The summed E-state index contributed by atoms with van der Waals surface area (Å²) in [7, 11) is 4.39. The molecule has 0 amide bonds. The van der Waals surface area contributed by atoms with Gasteiger partial charge in [0.1, 0.15) is 0 Å². The number of carbonyl (C=O) groups is 1. The molecule has 0 saturated heterocycles. The SMILES string of the molecule is CCC(CC)C(=O)/C=C(\O)C(CC)CC.[CH2-]c1c(-c2c3sc4ccc5ccccc5c4c3cc[n+]2[CH2-])cc(C(C)(C)C)c2ccccc12.[Ir]. The Morgan fingerprint density at radius 2 is 1.43 bits per heavy atom. The molecule has 6 aromatic rings. The molecule has 49 heavy (non-hydrogen) atoms.